The van der Waals surface area contributed by atoms with E-state index in [-0.39, 0.29) is 11.3 Å². The Kier molecular flexibility index (Phi) is 4.43. The van der Waals surface area contributed by atoms with Gasteiger partial charge in [-0.1, -0.05) is 17.7 Å². The fourth-order valence-corrected chi connectivity index (χ4v) is 3.93. The van der Waals surface area contributed by atoms with Crippen LogP contribution in [0.4, 0.5) is 0 Å². The summed E-state index contributed by atoms with van der Waals surface area (Å²) in [6.45, 7) is 1.96. The van der Waals surface area contributed by atoms with E-state index in [4.69, 9.17) is 9.15 Å². The van der Waals surface area contributed by atoms with Crippen molar-refractivity contribution in [3.63, 3.8) is 0 Å². The third kappa shape index (κ3) is 2.99. The van der Waals surface area contributed by atoms with Crippen molar-refractivity contribution in [3.8, 4) is 0 Å². The molecule has 0 N–H and O–H groups in total. The van der Waals surface area contributed by atoms with Crippen LogP contribution in [0.2, 0.25) is 0 Å². The van der Waals surface area contributed by atoms with Crippen LogP contribution in [0.3, 0.4) is 0 Å². The number of methoxy groups -OCH3 is 1. The van der Waals surface area contributed by atoms with Crippen molar-refractivity contribution in [2.75, 3.05) is 12.9 Å². The third-order valence-electron chi connectivity index (χ3n) is 3.79. The number of carbonyl (C=O) groups is 2. The number of ether oxygens (including phenoxy) is 1. The Labute approximate surface area is 138 Å². The maximum absolute atomic E-state index is 13.0. The Morgan fingerprint density at radius 3 is 2.61 bits per heavy atom. The van der Waals surface area contributed by atoms with Gasteiger partial charge in [0, 0.05) is 11.3 Å². The van der Waals surface area contributed by atoms with Gasteiger partial charge in [-0.15, -0.1) is 11.8 Å². The summed E-state index contributed by atoms with van der Waals surface area (Å²) in [5, 5.41) is -0.331. The fraction of sp³-hybridized carbons (Fsp3) is 0.294. The molecule has 1 saturated heterocycles. The number of rotatable bonds is 3. The maximum atomic E-state index is 13.0. The smallest absolute Gasteiger partial charge is 0.329 e. The molecule has 23 heavy (non-hydrogen) atoms. The van der Waals surface area contributed by atoms with E-state index in [9.17, 15) is 9.59 Å². The highest BCUT2D eigenvalue weighted by Crippen LogP contribution is 2.42. The van der Waals surface area contributed by atoms with E-state index in [0.717, 1.165) is 5.56 Å². The van der Waals surface area contributed by atoms with E-state index in [1.807, 2.05) is 25.1 Å². The van der Waals surface area contributed by atoms with Gasteiger partial charge in [0.1, 0.15) is 17.2 Å². The standard InChI is InChI=1S/C17H17NO4S/c1-11-5-7-12(8-6-11)15(19)18-13(17(20)21-2)10-23-16(18)14-4-3-9-22-14/h3-9,13,16H,10H2,1-2H3. The average molecular weight is 331 g/mol. The molecule has 2 unspecified atom stereocenters. The zero-order chi connectivity index (χ0) is 16.4. The molecule has 5 nitrogen and oxygen atoms in total. The highest BCUT2D eigenvalue weighted by Gasteiger charge is 2.44. The lowest BCUT2D eigenvalue weighted by molar-refractivity contribution is -0.145. The minimum absolute atomic E-state index is 0.202. The van der Waals surface area contributed by atoms with E-state index in [1.54, 1.807) is 29.4 Å². The number of esters is 1. The van der Waals surface area contributed by atoms with Gasteiger partial charge in [0.2, 0.25) is 0 Å². The number of carbonyl (C=O) groups excluding carboxylic acids is 2. The number of benzene rings is 1. The van der Waals surface area contributed by atoms with Crippen molar-refractivity contribution in [2.24, 2.45) is 0 Å². The van der Waals surface area contributed by atoms with E-state index >= 15 is 0 Å². The largest absolute Gasteiger partial charge is 0.467 e. The van der Waals surface area contributed by atoms with Gasteiger partial charge in [-0.25, -0.2) is 4.79 Å². The highest BCUT2D eigenvalue weighted by atomic mass is 32.2. The Morgan fingerprint density at radius 2 is 2.00 bits per heavy atom. The molecule has 2 atom stereocenters. The van der Waals surface area contributed by atoms with Gasteiger partial charge in [0.15, 0.2) is 0 Å². The fourth-order valence-electron chi connectivity index (χ4n) is 2.57. The van der Waals surface area contributed by atoms with E-state index in [1.165, 1.54) is 18.9 Å². The summed E-state index contributed by atoms with van der Waals surface area (Å²) in [6.07, 6.45) is 1.57. The summed E-state index contributed by atoms with van der Waals surface area (Å²) in [6, 6.07) is 10.3. The predicted molar refractivity (Wildman–Crippen MR) is 87.1 cm³/mol. The number of nitrogens with zero attached hydrogens (tertiary/aromatic N) is 1. The second-order valence-electron chi connectivity index (χ2n) is 5.32. The number of amides is 1. The van der Waals surface area contributed by atoms with Gasteiger partial charge in [-0.05, 0) is 31.2 Å². The van der Waals surface area contributed by atoms with Crippen molar-refractivity contribution < 1.29 is 18.7 Å². The van der Waals surface area contributed by atoms with Crippen molar-refractivity contribution in [1.82, 2.24) is 4.90 Å². The second-order valence-corrected chi connectivity index (χ2v) is 6.43. The Balaban J connectivity index is 1.95. The molecule has 0 aliphatic carbocycles. The first-order chi connectivity index (χ1) is 11.1. The molecule has 1 fully saturated rings. The Hall–Kier alpha value is -2.21. The summed E-state index contributed by atoms with van der Waals surface area (Å²) in [5.74, 6) is 0.524. The number of furan rings is 1. The average Bonchev–Trinajstić information content (AvgIpc) is 3.23. The quantitative estimate of drug-likeness (QED) is 0.809. The van der Waals surface area contributed by atoms with Crippen molar-refractivity contribution in [2.45, 2.75) is 18.3 Å². The molecule has 0 radical (unpaired) electrons. The van der Waals surface area contributed by atoms with Crippen LogP contribution in [-0.4, -0.2) is 35.7 Å². The Bertz CT molecular complexity index is 696. The van der Waals surface area contributed by atoms with Crippen LogP contribution < -0.4 is 0 Å². The molecule has 1 aromatic heterocycles. The lowest BCUT2D eigenvalue weighted by atomic mass is 10.1. The monoisotopic (exact) mass is 331 g/mol. The first-order valence-corrected chi connectivity index (χ1v) is 8.29. The van der Waals surface area contributed by atoms with Gasteiger partial charge in [-0.2, -0.15) is 0 Å². The lowest BCUT2D eigenvalue weighted by Gasteiger charge is -2.27. The van der Waals surface area contributed by atoms with Crippen molar-refractivity contribution >= 4 is 23.6 Å². The first kappa shape index (κ1) is 15.7. The molecular formula is C17H17NO4S. The predicted octanol–water partition coefficient (Wildman–Crippen LogP) is 3.02. The van der Waals surface area contributed by atoms with Crippen LogP contribution in [0.25, 0.3) is 0 Å². The molecule has 1 aliphatic heterocycles. The minimum Gasteiger partial charge on any atom is -0.467 e. The summed E-state index contributed by atoms with van der Waals surface area (Å²) in [5.41, 5.74) is 1.62. The summed E-state index contributed by atoms with van der Waals surface area (Å²) < 4.78 is 10.3. The first-order valence-electron chi connectivity index (χ1n) is 7.24. The number of hydrogen-bond donors (Lipinski definition) is 0. The van der Waals surface area contributed by atoms with Crippen LogP contribution in [0.5, 0.6) is 0 Å². The van der Waals surface area contributed by atoms with Crippen LogP contribution in [0, 0.1) is 6.92 Å². The van der Waals surface area contributed by atoms with Crippen LogP contribution in [-0.2, 0) is 9.53 Å². The van der Waals surface area contributed by atoms with E-state index in [0.29, 0.717) is 17.1 Å². The SMILES string of the molecule is COC(=O)C1CSC(c2ccco2)N1C(=O)c1ccc(C)cc1. The molecule has 2 aromatic rings. The lowest BCUT2D eigenvalue weighted by Crippen LogP contribution is -2.43. The van der Waals surface area contributed by atoms with Gasteiger partial charge in [0.25, 0.3) is 5.91 Å². The highest BCUT2D eigenvalue weighted by molar-refractivity contribution is 7.99. The van der Waals surface area contributed by atoms with Gasteiger partial charge in [0.05, 0.1) is 13.4 Å². The molecule has 0 saturated carbocycles. The molecular weight excluding hydrogens is 314 g/mol. The molecule has 1 aliphatic rings. The zero-order valence-electron chi connectivity index (χ0n) is 12.9. The summed E-state index contributed by atoms with van der Waals surface area (Å²) in [7, 11) is 1.34. The van der Waals surface area contributed by atoms with Crippen LogP contribution >= 0.6 is 11.8 Å². The summed E-state index contributed by atoms with van der Waals surface area (Å²) in [4.78, 5) is 26.6. The zero-order valence-corrected chi connectivity index (χ0v) is 13.7. The Morgan fingerprint density at radius 1 is 1.26 bits per heavy atom. The van der Waals surface area contributed by atoms with Gasteiger partial charge in [-0.3, -0.25) is 4.79 Å². The van der Waals surface area contributed by atoms with E-state index in [2.05, 4.69) is 0 Å². The molecule has 120 valence electrons. The minimum atomic E-state index is -0.617. The van der Waals surface area contributed by atoms with Crippen molar-refractivity contribution in [1.29, 1.82) is 0 Å². The van der Waals surface area contributed by atoms with Crippen molar-refractivity contribution in [3.05, 3.63) is 59.5 Å². The molecule has 1 aromatic carbocycles. The number of aryl methyl sites for hydroxylation is 1. The third-order valence-corrected chi connectivity index (χ3v) is 5.08. The molecule has 0 spiro atoms. The molecule has 3 rings (SSSR count). The number of hydrogen-bond acceptors (Lipinski definition) is 5. The van der Waals surface area contributed by atoms with Gasteiger partial charge < -0.3 is 14.1 Å². The van der Waals surface area contributed by atoms with Gasteiger partial charge >= 0.3 is 5.97 Å². The summed E-state index contributed by atoms with van der Waals surface area (Å²) >= 11 is 1.50. The molecule has 6 heteroatoms. The topological polar surface area (TPSA) is 59.8 Å². The maximum Gasteiger partial charge on any atom is 0.329 e. The molecule has 0 bridgehead atoms. The second kappa shape index (κ2) is 6.50. The van der Waals surface area contributed by atoms with E-state index < -0.39 is 12.0 Å². The van der Waals surface area contributed by atoms with Crippen LogP contribution in [0.15, 0.2) is 47.1 Å². The molecule has 2 heterocycles. The normalized spacial score (nSPS) is 20.5. The molecule has 1 amide bonds. The number of thioether (sulfide) groups is 1. The van der Waals surface area contributed by atoms with Crippen LogP contribution in [0.1, 0.15) is 27.1 Å².